The van der Waals surface area contributed by atoms with Gasteiger partial charge in [-0.05, 0) is 80.9 Å². The van der Waals surface area contributed by atoms with Gasteiger partial charge in [-0.1, -0.05) is 55.1 Å². The van der Waals surface area contributed by atoms with E-state index in [9.17, 15) is 13.8 Å². The fourth-order valence-corrected chi connectivity index (χ4v) is 7.07. The van der Waals surface area contributed by atoms with Gasteiger partial charge in [0, 0.05) is 23.2 Å². The molecule has 1 N–H and O–H groups in total. The van der Waals surface area contributed by atoms with Crippen molar-refractivity contribution in [3.8, 4) is 0 Å². The zero-order valence-electron chi connectivity index (χ0n) is 22.2. The third-order valence-corrected chi connectivity index (χ3v) is 9.41. The molecule has 8 heteroatoms. The maximum atomic E-state index is 13.8. The van der Waals surface area contributed by atoms with Crippen molar-refractivity contribution >= 4 is 39.9 Å². The van der Waals surface area contributed by atoms with E-state index < -0.39 is 10.8 Å². The molecule has 1 aliphatic heterocycles. The van der Waals surface area contributed by atoms with Gasteiger partial charge in [-0.2, -0.15) is 0 Å². The first kappa shape index (κ1) is 27.6. The predicted octanol–water partition coefficient (Wildman–Crippen LogP) is 6.05. The first-order valence-electron chi connectivity index (χ1n) is 13.6. The summed E-state index contributed by atoms with van der Waals surface area (Å²) in [7, 11) is 0.601. The number of hydrogen-bond acceptors (Lipinski definition) is 4. The van der Waals surface area contributed by atoms with Crippen molar-refractivity contribution in [3.63, 3.8) is 0 Å². The van der Waals surface area contributed by atoms with Crippen LogP contribution >= 0.6 is 11.6 Å². The van der Waals surface area contributed by atoms with E-state index in [2.05, 4.69) is 17.3 Å². The van der Waals surface area contributed by atoms with Crippen molar-refractivity contribution in [1.29, 1.82) is 0 Å². The minimum atomic E-state index is -1.57. The number of hydrogen-bond donors (Lipinski definition) is 1. The Balaban J connectivity index is 1.36. The van der Waals surface area contributed by atoms with Crippen molar-refractivity contribution in [1.82, 2.24) is 10.2 Å². The fraction of sp³-hybridized carbons (Fsp3) is 0.355. The Kier molecular flexibility index (Phi) is 8.80. The Hall–Kier alpha value is -3.00. The molecular formula is C31H34ClN3O3S. The van der Waals surface area contributed by atoms with E-state index in [1.165, 1.54) is 32.1 Å². The molecule has 204 valence electrons. The second-order valence-corrected chi connectivity index (χ2v) is 12.2. The van der Waals surface area contributed by atoms with Crippen LogP contribution in [0.3, 0.4) is 0 Å². The number of nitrogens with one attached hydrogen (secondary N) is 1. The number of carbonyl (C=O) groups excluding carboxylic acids is 2. The monoisotopic (exact) mass is 563 g/mol. The summed E-state index contributed by atoms with van der Waals surface area (Å²) in [5.74, 6) is -0.471. The summed E-state index contributed by atoms with van der Waals surface area (Å²) < 4.78 is 13.6. The molecular weight excluding hydrogens is 530 g/mol. The highest BCUT2D eigenvalue weighted by Gasteiger charge is 2.31. The van der Waals surface area contributed by atoms with Gasteiger partial charge in [0.1, 0.15) is 0 Å². The molecule has 2 aliphatic rings. The largest absolute Gasteiger partial charge is 0.352 e. The minimum absolute atomic E-state index is 0.208. The summed E-state index contributed by atoms with van der Waals surface area (Å²) in [4.78, 5) is 31.9. The number of benzene rings is 3. The van der Waals surface area contributed by atoms with Gasteiger partial charge in [0.05, 0.1) is 38.4 Å². The second-order valence-electron chi connectivity index (χ2n) is 10.4. The van der Waals surface area contributed by atoms with Crippen LogP contribution in [0.5, 0.6) is 0 Å². The van der Waals surface area contributed by atoms with Crippen LogP contribution in [0.15, 0.2) is 76.5 Å². The van der Waals surface area contributed by atoms with E-state index in [0.717, 1.165) is 18.5 Å². The first-order chi connectivity index (χ1) is 18.9. The zero-order chi connectivity index (χ0) is 27.4. The molecule has 39 heavy (non-hydrogen) atoms. The smallest absolute Gasteiger partial charge is 0.259 e. The summed E-state index contributed by atoms with van der Waals surface area (Å²) in [5, 5.41) is 3.60. The fourth-order valence-electron chi connectivity index (χ4n) is 5.52. The van der Waals surface area contributed by atoms with E-state index in [-0.39, 0.29) is 18.4 Å². The summed E-state index contributed by atoms with van der Waals surface area (Å²) in [6.07, 6.45) is 7.32. The molecule has 6 nitrogen and oxygen atoms in total. The number of rotatable bonds is 8. The third-order valence-electron chi connectivity index (χ3n) is 7.67. The van der Waals surface area contributed by atoms with Crippen LogP contribution in [0.2, 0.25) is 5.02 Å². The maximum Gasteiger partial charge on any atom is 0.259 e. The third kappa shape index (κ3) is 6.26. The van der Waals surface area contributed by atoms with Gasteiger partial charge in [0.2, 0.25) is 0 Å². The lowest BCUT2D eigenvalue weighted by Crippen LogP contribution is -2.36. The zero-order valence-corrected chi connectivity index (χ0v) is 23.8. The first-order valence-corrected chi connectivity index (χ1v) is 15.1. The molecule has 5 rings (SSSR count). The predicted molar refractivity (Wildman–Crippen MR) is 156 cm³/mol. The standard InChI is InChI=1S/C31H34ClN3O3S/c1-34(25-11-3-2-4-12-25)18-8-17-33-30(36)23-15-16-29-27(20-23)35(21-22-9-7-10-24(32)19-22)31(37)26-13-5-6-14-28(26)39(29)38/h5-7,9-10,13-16,19-20,25H,2-4,8,11-12,17-18,21H2,1H3,(H,33,36)/t39-/m1/s1. The normalized spacial score (nSPS) is 17.5. The molecule has 0 unspecified atom stereocenters. The Morgan fingerprint density at radius 2 is 1.82 bits per heavy atom. The van der Waals surface area contributed by atoms with E-state index in [0.29, 0.717) is 44.2 Å². The Bertz CT molecular complexity index is 1390. The molecule has 0 spiro atoms. The van der Waals surface area contributed by atoms with Gasteiger partial charge in [-0.25, -0.2) is 4.21 Å². The quantitative estimate of drug-likeness (QED) is 0.339. The van der Waals surface area contributed by atoms with E-state index >= 15 is 0 Å². The van der Waals surface area contributed by atoms with E-state index in [1.807, 2.05) is 18.2 Å². The summed E-state index contributed by atoms with van der Waals surface area (Å²) in [6.45, 7) is 1.74. The SMILES string of the molecule is CN(CCCNC(=O)c1ccc2c(c1)N(Cc1cccc(Cl)c1)C(=O)c1ccccc1[S@]2=O)C1CCCCC1. The highest BCUT2D eigenvalue weighted by Crippen LogP contribution is 2.36. The minimum Gasteiger partial charge on any atom is -0.352 e. The lowest BCUT2D eigenvalue weighted by molar-refractivity contribution is 0.0947. The van der Waals surface area contributed by atoms with Gasteiger partial charge in [0.15, 0.2) is 0 Å². The number of amides is 2. The number of halogens is 1. The van der Waals surface area contributed by atoms with Crippen LogP contribution < -0.4 is 10.2 Å². The highest BCUT2D eigenvalue weighted by atomic mass is 35.5. The van der Waals surface area contributed by atoms with E-state index in [1.54, 1.807) is 53.4 Å². The average Bonchev–Trinajstić information content (AvgIpc) is 3.05. The van der Waals surface area contributed by atoms with Gasteiger partial charge in [-0.15, -0.1) is 0 Å². The molecule has 3 aromatic carbocycles. The van der Waals surface area contributed by atoms with Crippen LogP contribution in [0.1, 0.15) is 64.8 Å². The molecule has 1 saturated carbocycles. The topological polar surface area (TPSA) is 69.7 Å². The molecule has 1 atom stereocenters. The highest BCUT2D eigenvalue weighted by molar-refractivity contribution is 7.85. The molecule has 0 bridgehead atoms. The van der Waals surface area contributed by atoms with Crippen LogP contribution in [-0.2, 0) is 17.3 Å². The summed E-state index contributed by atoms with van der Waals surface area (Å²) >= 11 is 6.22. The molecule has 1 aliphatic carbocycles. The van der Waals surface area contributed by atoms with Gasteiger partial charge < -0.3 is 15.1 Å². The summed E-state index contributed by atoms with van der Waals surface area (Å²) in [6, 6.07) is 20.0. The number of nitrogens with zero attached hydrogens (tertiary/aromatic N) is 2. The Labute approximate surface area is 237 Å². The number of carbonyl (C=O) groups is 2. The molecule has 0 saturated heterocycles. The Morgan fingerprint density at radius 3 is 2.62 bits per heavy atom. The maximum absolute atomic E-state index is 13.8. The van der Waals surface area contributed by atoms with Crippen LogP contribution in [0.25, 0.3) is 0 Å². The molecule has 0 radical (unpaired) electrons. The molecule has 1 fully saturated rings. The Morgan fingerprint density at radius 1 is 1.03 bits per heavy atom. The van der Waals surface area contributed by atoms with Crippen molar-refractivity contribution in [2.75, 3.05) is 25.0 Å². The van der Waals surface area contributed by atoms with Crippen LogP contribution in [0.4, 0.5) is 5.69 Å². The van der Waals surface area contributed by atoms with Gasteiger partial charge >= 0.3 is 0 Å². The van der Waals surface area contributed by atoms with Crippen molar-refractivity contribution in [2.24, 2.45) is 0 Å². The lowest BCUT2D eigenvalue weighted by Gasteiger charge is -2.31. The van der Waals surface area contributed by atoms with Crippen LogP contribution in [0, 0.1) is 0 Å². The molecule has 0 aromatic heterocycles. The molecule has 3 aromatic rings. The lowest BCUT2D eigenvalue weighted by atomic mass is 9.94. The van der Waals surface area contributed by atoms with Crippen molar-refractivity contribution < 1.29 is 13.8 Å². The summed E-state index contributed by atoms with van der Waals surface area (Å²) in [5.41, 5.74) is 2.13. The van der Waals surface area contributed by atoms with Crippen LogP contribution in [-0.4, -0.2) is 47.1 Å². The van der Waals surface area contributed by atoms with Crippen molar-refractivity contribution in [3.05, 3.63) is 88.4 Å². The molecule has 2 amide bonds. The van der Waals surface area contributed by atoms with Gasteiger partial charge in [0.25, 0.3) is 11.8 Å². The van der Waals surface area contributed by atoms with Gasteiger partial charge in [-0.3, -0.25) is 9.59 Å². The van der Waals surface area contributed by atoms with Crippen molar-refractivity contribution in [2.45, 2.75) is 60.9 Å². The average molecular weight is 564 g/mol. The second kappa shape index (κ2) is 12.5. The molecule has 1 heterocycles. The van der Waals surface area contributed by atoms with E-state index in [4.69, 9.17) is 11.6 Å². The number of anilines is 1. The number of fused-ring (bicyclic) bond motifs is 2.